The van der Waals surface area contributed by atoms with Crippen LogP contribution in [0.1, 0.15) is 63.8 Å². The number of H-pyrrole nitrogens is 1. The summed E-state index contributed by atoms with van der Waals surface area (Å²) in [6.07, 6.45) is 7.78. The molecule has 3 atom stereocenters. The van der Waals surface area contributed by atoms with Crippen molar-refractivity contribution in [3.05, 3.63) is 35.0 Å². The van der Waals surface area contributed by atoms with E-state index in [1.807, 2.05) is 0 Å². The Labute approximate surface area is 194 Å². The number of ether oxygens (including phenoxy) is 2. The lowest BCUT2D eigenvalue weighted by molar-refractivity contribution is -0.154. The second-order valence-electron chi connectivity index (χ2n) is 11.7. The molecule has 6 aliphatic rings. The van der Waals surface area contributed by atoms with Crippen LogP contribution in [0.4, 0.5) is 0 Å². The number of hydrogen-bond donors (Lipinski definition) is 1. The highest BCUT2D eigenvalue weighted by molar-refractivity contribution is 6.05. The van der Waals surface area contributed by atoms with Gasteiger partial charge in [-0.15, -0.1) is 0 Å². The molecule has 6 heterocycles. The van der Waals surface area contributed by atoms with Crippen LogP contribution in [0.5, 0.6) is 5.75 Å². The molecule has 172 valence electrons. The summed E-state index contributed by atoms with van der Waals surface area (Å²) in [6, 6.07) is 4.23. The highest BCUT2D eigenvalue weighted by atomic mass is 16.5. The summed E-state index contributed by atoms with van der Waals surface area (Å²) in [5.41, 5.74) is 2.97. The van der Waals surface area contributed by atoms with E-state index in [2.05, 4.69) is 61.9 Å². The van der Waals surface area contributed by atoms with E-state index in [9.17, 15) is 4.79 Å². The van der Waals surface area contributed by atoms with Gasteiger partial charge < -0.3 is 19.4 Å². The number of nitrogens with one attached hydrogen (secondary N) is 1. The van der Waals surface area contributed by atoms with Gasteiger partial charge >= 0.3 is 0 Å². The lowest BCUT2D eigenvalue weighted by Crippen LogP contribution is -2.75. The van der Waals surface area contributed by atoms with Crippen LogP contribution in [0, 0.1) is 5.92 Å². The average Bonchev–Trinajstić information content (AvgIpc) is 3.36. The van der Waals surface area contributed by atoms with Crippen LogP contribution < -0.4 is 4.74 Å². The first kappa shape index (κ1) is 19.7. The van der Waals surface area contributed by atoms with Crippen molar-refractivity contribution in [2.45, 2.75) is 75.5 Å². The highest BCUT2D eigenvalue weighted by Gasteiger charge is 2.71. The predicted molar refractivity (Wildman–Crippen MR) is 128 cm³/mol. The monoisotopic (exact) mass is 445 g/mol. The standard InChI is InChI=1S/C27H31N3O3/c1-24(2)11-9-16-18(33-24)8-7-15-17-13-27-19(25(3,4)21(17)28-20(15)16)14-26(22(29-27)32-5)10-6-12-30(26)23(27)31/h7-9,11,19,28H,6,10,12-14H2,1-5H3/t19-,26-,27-/m0/s1. The van der Waals surface area contributed by atoms with Gasteiger partial charge in [0.05, 0.1) is 12.6 Å². The molecule has 2 spiro atoms. The fourth-order valence-corrected chi connectivity index (χ4v) is 7.68. The Morgan fingerprint density at radius 3 is 2.85 bits per heavy atom. The Balaban J connectivity index is 1.47. The summed E-state index contributed by atoms with van der Waals surface area (Å²) in [7, 11) is 1.71. The van der Waals surface area contributed by atoms with Gasteiger partial charge in [0, 0.05) is 40.9 Å². The number of piperidine rings is 1. The summed E-state index contributed by atoms with van der Waals surface area (Å²) in [5, 5.41) is 1.17. The van der Waals surface area contributed by atoms with Crippen LogP contribution in [-0.2, 0) is 21.4 Å². The zero-order valence-electron chi connectivity index (χ0n) is 20.0. The van der Waals surface area contributed by atoms with E-state index in [1.165, 1.54) is 16.6 Å². The van der Waals surface area contributed by atoms with Gasteiger partial charge in [-0.05, 0) is 63.0 Å². The third-order valence-corrected chi connectivity index (χ3v) is 9.18. The van der Waals surface area contributed by atoms with E-state index in [0.29, 0.717) is 6.42 Å². The molecule has 6 nitrogen and oxygen atoms in total. The van der Waals surface area contributed by atoms with Crippen molar-refractivity contribution in [2.75, 3.05) is 13.7 Å². The predicted octanol–water partition coefficient (Wildman–Crippen LogP) is 4.36. The largest absolute Gasteiger partial charge is 0.483 e. The maximum Gasteiger partial charge on any atom is 0.252 e. The molecule has 0 unspecified atom stereocenters. The molecular weight excluding hydrogens is 414 g/mol. The molecule has 2 aromatic rings. The van der Waals surface area contributed by atoms with Crippen molar-refractivity contribution in [1.29, 1.82) is 0 Å². The maximum absolute atomic E-state index is 14.1. The van der Waals surface area contributed by atoms with Gasteiger partial charge in [-0.1, -0.05) is 13.8 Å². The first-order valence-electron chi connectivity index (χ1n) is 12.2. The van der Waals surface area contributed by atoms with Gasteiger partial charge in [0.15, 0.2) is 5.54 Å². The molecule has 1 aromatic heterocycles. The average molecular weight is 446 g/mol. The normalized spacial score (nSPS) is 34.3. The number of aliphatic imine (C=N–C) groups is 1. The lowest BCUT2D eigenvalue weighted by atomic mass is 9.52. The topological polar surface area (TPSA) is 66.9 Å². The maximum atomic E-state index is 14.1. The molecule has 1 aliphatic carbocycles. The van der Waals surface area contributed by atoms with Crippen molar-refractivity contribution < 1.29 is 14.3 Å². The van der Waals surface area contributed by atoms with E-state index in [4.69, 9.17) is 14.5 Å². The van der Waals surface area contributed by atoms with Gasteiger partial charge in [-0.25, -0.2) is 4.99 Å². The highest BCUT2D eigenvalue weighted by Crippen LogP contribution is 2.61. The van der Waals surface area contributed by atoms with Crippen molar-refractivity contribution in [3.8, 4) is 5.75 Å². The molecule has 1 aromatic carbocycles. The van der Waals surface area contributed by atoms with E-state index < -0.39 is 5.54 Å². The quantitative estimate of drug-likeness (QED) is 0.655. The van der Waals surface area contributed by atoms with Crippen molar-refractivity contribution >= 4 is 28.8 Å². The fraction of sp³-hybridized carbons (Fsp3) is 0.556. The summed E-state index contributed by atoms with van der Waals surface area (Å²) >= 11 is 0. The Morgan fingerprint density at radius 1 is 1.24 bits per heavy atom. The molecule has 1 amide bonds. The number of methoxy groups -OCH3 is 1. The second-order valence-corrected chi connectivity index (χ2v) is 11.7. The molecular formula is C27H31N3O3. The Kier molecular flexibility index (Phi) is 3.37. The van der Waals surface area contributed by atoms with E-state index in [-0.39, 0.29) is 28.4 Å². The van der Waals surface area contributed by atoms with E-state index >= 15 is 0 Å². The van der Waals surface area contributed by atoms with Gasteiger partial charge in [-0.3, -0.25) is 4.79 Å². The van der Waals surface area contributed by atoms with Crippen LogP contribution in [0.2, 0.25) is 0 Å². The number of fused-ring (bicyclic) bond motifs is 5. The number of rotatable bonds is 0. The zero-order chi connectivity index (χ0) is 23.0. The van der Waals surface area contributed by atoms with Crippen LogP contribution in [0.15, 0.2) is 23.2 Å². The summed E-state index contributed by atoms with van der Waals surface area (Å²) in [6.45, 7) is 9.54. The van der Waals surface area contributed by atoms with Crippen LogP contribution >= 0.6 is 0 Å². The number of nitrogens with zero attached hydrogens (tertiary/aromatic N) is 2. The summed E-state index contributed by atoms with van der Waals surface area (Å²) < 4.78 is 12.1. The molecule has 2 fully saturated rings. The molecule has 33 heavy (non-hydrogen) atoms. The van der Waals surface area contributed by atoms with Crippen LogP contribution in [-0.4, -0.2) is 52.0 Å². The van der Waals surface area contributed by atoms with Gasteiger partial charge in [0.2, 0.25) is 5.90 Å². The van der Waals surface area contributed by atoms with E-state index in [1.54, 1.807) is 7.11 Å². The first-order valence-corrected chi connectivity index (χ1v) is 12.2. The third-order valence-electron chi connectivity index (χ3n) is 9.18. The Morgan fingerprint density at radius 2 is 2.06 bits per heavy atom. The molecule has 2 saturated heterocycles. The van der Waals surface area contributed by atoms with Gasteiger partial charge in [0.1, 0.15) is 16.9 Å². The molecule has 1 N–H and O–H groups in total. The number of amides is 1. The van der Waals surface area contributed by atoms with Crippen molar-refractivity contribution in [1.82, 2.24) is 9.88 Å². The number of benzene rings is 1. The molecule has 8 rings (SSSR count). The molecule has 2 bridgehead atoms. The minimum Gasteiger partial charge on any atom is -0.483 e. The summed E-state index contributed by atoms with van der Waals surface area (Å²) in [5.74, 6) is 2.00. The van der Waals surface area contributed by atoms with Gasteiger partial charge in [-0.2, -0.15) is 0 Å². The number of aromatic amines is 1. The minimum absolute atomic E-state index is 0.132. The zero-order valence-corrected chi connectivity index (χ0v) is 20.0. The SMILES string of the molecule is COC1=N[C@@]23Cc4c([nH]c5c6c(ccc45)OC(C)(C)C=C6)C(C)(C)[C@@H]2C[C@@]12CCCN2C3=O. The Bertz CT molecular complexity index is 1320. The number of hydrogen-bond acceptors (Lipinski definition) is 4. The van der Waals surface area contributed by atoms with Crippen molar-refractivity contribution in [3.63, 3.8) is 0 Å². The minimum atomic E-state index is -0.784. The van der Waals surface area contributed by atoms with Crippen LogP contribution in [0.25, 0.3) is 17.0 Å². The number of aromatic nitrogens is 1. The van der Waals surface area contributed by atoms with E-state index in [0.717, 1.165) is 48.5 Å². The molecule has 0 radical (unpaired) electrons. The van der Waals surface area contributed by atoms with Gasteiger partial charge in [0.25, 0.3) is 5.91 Å². The lowest BCUT2D eigenvalue weighted by Gasteiger charge is -2.61. The smallest absolute Gasteiger partial charge is 0.252 e. The third kappa shape index (κ3) is 2.12. The molecule has 0 saturated carbocycles. The second kappa shape index (κ2) is 5.65. The number of carbonyl (C=O) groups excluding carboxylic acids is 1. The summed E-state index contributed by atoms with van der Waals surface area (Å²) in [4.78, 5) is 25.2. The first-order chi connectivity index (χ1) is 15.6. The van der Waals surface area contributed by atoms with Crippen LogP contribution in [0.3, 0.4) is 0 Å². The number of carbonyl (C=O) groups is 1. The molecule has 5 aliphatic heterocycles. The van der Waals surface area contributed by atoms with Crippen molar-refractivity contribution in [2.24, 2.45) is 10.9 Å². The fourth-order valence-electron chi connectivity index (χ4n) is 7.68. The Hall–Kier alpha value is -2.76. The molecule has 6 heteroatoms.